The van der Waals surface area contributed by atoms with Crippen LogP contribution in [-0.4, -0.2) is 37.4 Å². The lowest BCUT2D eigenvalue weighted by molar-refractivity contribution is -0.146. The van der Waals surface area contributed by atoms with Crippen LogP contribution < -0.4 is 4.72 Å². The standard InChI is InChI=1S/C13H19N3O4S/c1-20-12(17)13(5-6-13)8-21(18,19)14-7-11-9-3-2-4-10(9)15-16-11/h14H,2-8H2,1H3,(H,15,16). The fourth-order valence-corrected chi connectivity index (χ4v) is 4.49. The molecule has 0 aromatic carbocycles. The van der Waals surface area contributed by atoms with Crippen LogP contribution in [0, 0.1) is 5.41 Å². The van der Waals surface area contributed by atoms with Crippen molar-refractivity contribution < 1.29 is 17.9 Å². The van der Waals surface area contributed by atoms with Gasteiger partial charge in [0.15, 0.2) is 0 Å². The highest BCUT2D eigenvalue weighted by Crippen LogP contribution is 2.47. The van der Waals surface area contributed by atoms with Crippen molar-refractivity contribution in [3.8, 4) is 0 Å². The van der Waals surface area contributed by atoms with E-state index in [0.717, 1.165) is 36.2 Å². The van der Waals surface area contributed by atoms with Gasteiger partial charge in [0.1, 0.15) is 0 Å². The predicted molar refractivity (Wildman–Crippen MR) is 74.9 cm³/mol. The summed E-state index contributed by atoms with van der Waals surface area (Å²) in [4.78, 5) is 11.6. The van der Waals surface area contributed by atoms with Gasteiger partial charge in [0.25, 0.3) is 0 Å². The van der Waals surface area contributed by atoms with Gasteiger partial charge in [0, 0.05) is 5.69 Å². The van der Waals surface area contributed by atoms with Crippen LogP contribution in [0.3, 0.4) is 0 Å². The van der Waals surface area contributed by atoms with E-state index in [-0.39, 0.29) is 12.3 Å². The molecule has 7 nitrogen and oxygen atoms in total. The van der Waals surface area contributed by atoms with Gasteiger partial charge >= 0.3 is 5.97 Å². The summed E-state index contributed by atoms with van der Waals surface area (Å²) in [6.45, 7) is 0.172. The summed E-state index contributed by atoms with van der Waals surface area (Å²) < 4.78 is 31.5. The molecule has 0 spiro atoms. The third kappa shape index (κ3) is 2.82. The number of ether oxygens (including phenoxy) is 1. The Kier molecular flexibility index (Phi) is 3.53. The van der Waals surface area contributed by atoms with E-state index >= 15 is 0 Å². The van der Waals surface area contributed by atoms with Gasteiger partial charge in [-0.3, -0.25) is 9.89 Å². The fraction of sp³-hybridized carbons (Fsp3) is 0.692. The Labute approximate surface area is 123 Å². The minimum Gasteiger partial charge on any atom is -0.469 e. The highest BCUT2D eigenvalue weighted by molar-refractivity contribution is 7.89. The Morgan fingerprint density at radius 2 is 2.19 bits per heavy atom. The number of hydrogen-bond donors (Lipinski definition) is 2. The van der Waals surface area contributed by atoms with Gasteiger partial charge in [-0.2, -0.15) is 5.10 Å². The molecule has 2 aliphatic carbocycles. The van der Waals surface area contributed by atoms with Gasteiger partial charge in [-0.05, 0) is 37.7 Å². The number of fused-ring (bicyclic) bond motifs is 1. The number of carbonyl (C=O) groups is 1. The molecule has 0 radical (unpaired) electrons. The number of aromatic nitrogens is 2. The Bertz CT molecular complexity index is 661. The zero-order chi connectivity index (χ0) is 15.1. The average Bonchev–Trinajstić information content (AvgIpc) is 2.89. The molecule has 2 aliphatic rings. The number of nitrogens with one attached hydrogen (secondary N) is 2. The Morgan fingerprint density at radius 3 is 2.86 bits per heavy atom. The molecule has 8 heteroatoms. The van der Waals surface area contributed by atoms with E-state index in [1.165, 1.54) is 7.11 Å². The van der Waals surface area contributed by atoms with Gasteiger partial charge in [0.05, 0.1) is 30.5 Å². The summed E-state index contributed by atoms with van der Waals surface area (Å²) in [5.41, 5.74) is 2.16. The molecule has 0 atom stereocenters. The minimum absolute atomic E-state index is 0.172. The maximum atomic E-state index is 12.1. The summed E-state index contributed by atoms with van der Waals surface area (Å²) in [7, 11) is -2.24. The smallest absolute Gasteiger partial charge is 0.312 e. The quantitative estimate of drug-likeness (QED) is 0.734. The first-order chi connectivity index (χ1) is 9.96. The molecule has 0 aliphatic heterocycles. The molecule has 21 heavy (non-hydrogen) atoms. The molecule has 1 heterocycles. The Hall–Kier alpha value is -1.41. The van der Waals surface area contributed by atoms with Crippen LogP contribution in [0.25, 0.3) is 0 Å². The maximum Gasteiger partial charge on any atom is 0.312 e. The van der Waals surface area contributed by atoms with Crippen LogP contribution in [0.1, 0.15) is 36.2 Å². The van der Waals surface area contributed by atoms with E-state index in [2.05, 4.69) is 19.7 Å². The minimum atomic E-state index is -3.53. The number of hydrogen-bond acceptors (Lipinski definition) is 5. The number of nitrogens with zero attached hydrogens (tertiary/aromatic N) is 1. The number of aryl methyl sites for hydroxylation is 1. The largest absolute Gasteiger partial charge is 0.469 e. The van der Waals surface area contributed by atoms with E-state index in [1.54, 1.807) is 0 Å². The zero-order valence-corrected chi connectivity index (χ0v) is 12.8. The van der Waals surface area contributed by atoms with Gasteiger partial charge in [-0.25, -0.2) is 13.1 Å². The van der Waals surface area contributed by atoms with E-state index in [4.69, 9.17) is 0 Å². The molecule has 116 valence electrons. The topological polar surface area (TPSA) is 101 Å². The molecule has 0 bridgehead atoms. The highest BCUT2D eigenvalue weighted by Gasteiger charge is 2.53. The summed E-state index contributed by atoms with van der Waals surface area (Å²) in [5, 5.41) is 7.11. The average molecular weight is 313 g/mol. The molecule has 0 unspecified atom stereocenters. The van der Waals surface area contributed by atoms with Gasteiger partial charge < -0.3 is 4.74 Å². The third-order valence-electron chi connectivity index (χ3n) is 4.29. The van der Waals surface area contributed by atoms with Crippen molar-refractivity contribution in [2.75, 3.05) is 12.9 Å². The number of H-pyrrole nitrogens is 1. The third-order valence-corrected chi connectivity index (χ3v) is 5.81. The van der Waals surface area contributed by atoms with E-state index in [1.807, 2.05) is 0 Å². The molecular weight excluding hydrogens is 294 g/mol. The first-order valence-corrected chi connectivity index (χ1v) is 8.72. The van der Waals surface area contributed by atoms with Crippen molar-refractivity contribution in [3.05, 3.63) is 17.0 Å². The van der Waals surface area contributed by atoms with Crippen LogP contribution in [0.15, 0.2) is 0 Å². The van der Waals surface area contributed by atoms with E-state index in [0.29, 0.717) is 12.8 Å². The lowest BCUT2D eigenvalue weighted by atomic mass is 10.1. The molecular formula is C13H19N3O4S. The Morgan fingerprint density at radius 1 is 1.43 bits per heavy atom. The molecule has 1 fully saturated rings. The maximum absolute atomic E-state index is 12.1. The monoisotopic (exact) mass is 313 g/mol. The molecule has 2 N–H and O–H groups in total. The number of rotatable bonds is 6. The molecule has 0 saturated heterocycles. The number of sulfonamides is 1. The zero-order valence-electron chi connectivity index (χ0n) is 11.9. The van der Waals surface area contributed by atoms with E-state index < -0.39 is 21.4 Å². The normalized spacial score (nSPS) is 19.3. The second kappa shape index (κ2) is 5.10. The number of esters is 1. The number of carbonyl (C=O) groups excluding carboxylic acids is 1. The SMILES string of the molecule is COC(=O)C1(CS(=O)(=O)NCc2n[nH]c3c2CCC3)CC1. The van der Waals surface area contributed by atoms with Crippen molar-refractivity contribution in [1.82, 2.24) is 14.9 Å². The molecule has 1 saturated carbocycles. The van der Waals surface area contributed by atoms with Crippen molar-refractivity contribution in [3.63, 3.8) is 0 Å². The van der Waals surface area contributed by atoms with E-state index in [9.17, 15) is 13.2 Å². The fourth-order valence-electron chi connectivity index (χ4n) is 2.90. The van der Waals surface area contributed by atoms with Gasteiger partial charge in [-0.1, -0.05) is 0 Å². The van der Waals surface area contributed by atoms with Crippen LogP contribution in [0.4, 0.5) is 0 Å². The van der Waals surface area contributed by atoms with Crippen molar-refractivity contribution >= 4 is 16.0 Å². The first-order valence-electron chi connectivity index (χ1n) is 7.06. The van der Waals surface area contributed by atoms with Crippen molar-refractivity contribution in [2.45, 2.75) is 38.6 Å². The first kappa shape index (κ1) is 14.5. The summed E-state index contributed by atoms with van der Waals surface area (Å²) in [5.74, 6) is -0.646. The number of methoxy groups -OCH3 is 1. The number of aromatic amines is 1. The lowest BCUT2D eigenvalue weighted by Crippen LogP contribution is -2.34. The second-order valence-electron chi connectivity index (χ2n) is 5.83. The summed E-state index contributed by atoms with van der Waals surface area (Å²) in [6, 6.07) is 0. The van der Waals surface area contributed by atoms with Crippen molar-refractivity contribution in [1.29, 1.82) is 0 Å². The predicted octanol–water partition coefficient (Wildman–Crippen LogP) is 0.271. The summed E-state index contributed by atoms with van der Waals surface area (Å²) >= 11 is 0. The summed E-state index contributed by atoms with van der Waals surface area (Å²) in [6.07, 6.45) is 4.13. The van der Waals surface area contributed by atoms with Crippen LogP contribution in [0.2, 0.25) is 0 Å². The van der Waals surface area contributed by atoms with Crippen LogP contribution in [0.5, 0.6) is 0 Å². The van der Waals surface area contributed by atoms with Gasteiger partial charge in [-0.15, -0.1) is 0 Å². The van der Waals surface area contributed by atoms with Crippen LogP contribution >= 0.6 is 0 Å². The van der Waals surface area contributed by atoms with Crippen molar-refractivity contribution in [2.24, 2.45) is 5.41 Å². The molecule has 1 aromatic rings. The van der Waals surface area contributed by atoms with Crippen LogP contribution in [-0.2, 0) is 38.9 Å². The molecule has 1 aromatic heterocycles. The molecule has 0 amide bonds. The highest BCUT2D eigenvalue weighted by atomic mass is 32.2. The molecule has 3 rings (SSSR count). The Balaban J connectivity index is 1.63. The van der Waals surface area contributed by atoms with Gasteiger partial charge in [0.2, 0.25) is 10.0 Å². The second-order valence-corrected chi connectivity index (χ2v) is 7.64. The lowest BCUT2D eigenvalue weighted by Gasteiger charge is -2.13.